The molecule has 0 bridgehead atoms. The lowest BCUT2D eigenvalue weighted by atomic mass is 10.1. The Morgan fingerprint density at radius 2 is 2.07 bits per heavy atom. The number of fused-ring (bicyclic) bond motifs is 4. The van der Waals surface area contributed by atoms with Crippen molar-refractivity contribution in [3.8, 4) is 0 Å². The summed E-state index contributed by atoms with van der Waals surface area (Å²) in [5.41, 5.74) is 3.69. The van der Waals surface area contributed by atoms with Gasteiger partial charge in [0.15, 0.2) is 0 Å². The monoisotopic (exact) mass is 412 g/mol. The zero-order valence-corrected chi connectivity index (χ0v) is 16.9. The molecule has 0 fully saturated rings. The summed E-state index contributed by atoms with van der Waals surface area (Å²) in [4.78, 5) is 20.8. The Bertz CT molecular complexity index is 1430. The van der Waals surface area contributed by atoms with Crippen LogP contribution >= 0.6 is 0 Å². The highest BCUT2D eigenvalue weighted by Crippen LogP contribution is 2.28. The Balaban J connectivity index is 1.58. The van der Waals surface area contributed by atoms with E-state index in [1.807, 2.05) is 36.0 Å². The number of aromatic nitrogens is 5. The minimum Gasteiger partial charge on any atom is -0.346 e. The van der Waals surface area contributed by atoms with Gasteiger partial charge in [-0.1, -0.05) is 0 Å². The van der Waals surface area contributed by atoms with Crippen molar-refractivity contribution in [3.63, 3.8) is 0 Å². The van der Waals surface area contributed by atoms with E-state index in [1.165, 1.54) is 15.2 Å². The molecule has 1 aliphatic rings. The number of hydrogen-bond acceptors (Lipinski definition) is 5. The van der Waals surface area contributed by atoms with Crippen LogP contribution in [0.2, 0.25) is 0 Å². The maximum absolute atomic E-state index is 13.2. The average Bonchev–Trinajstić information content (AvgIpc) is 3.26. The largest absolute Gasteiger partial charge is 0.346 e. The van der Waals surface area contributed by atoms with Crippen molar-refractivity contribution in [2.45, 2.75) is 19.5 Å². The van der Waals surface area contributed by atoms with E-state index in [2.05, 4.69) is 15.1 Å². The highest BCUT2D eigenvalue weighted by atomic mass is 32.2. The van der Waals surface area contributed by atoms with Crippen LogP contribution in [0.4, 0.5) is 0 Å². The van der Waals surface area contributed by atoms with Crippen molar-refractivity contribution in [2.24, 2.45) is 7.05 Å². The van der Waals surface area contributed by atoms with Gasteiger partial charge in [0.1, 0.15) is 11.2 Å². The fourth-order valence-corrected chi connectivity index (χ4v) is 4.87. The first-order valence-corrected chi connectivity index (χ1v) is 11.1. The first-order chi connectivity index (χ1) is 13.8. The summed E-state index contributed by atoms with van der Waals surface area (Å²) in [6.45, 7) is 0.937. The molecule has 0 aliphatic carbocycles. The lowest BCUT2D eigenvalue weighted by molar-refractivity contribution is 0.386. The molecule has 4 aromatic heterocycles. The molecule has 4 aromatic rings. The average molecular weight is 412 g/mol. The van der Waals surface area contributed by atoms with Gasteiger partial charge in [0.2, 0.25) is 10.0 Å². The van der Waals surface area contributed by atoms with E-state index >= 15 is 0 Å². The molecule has 0 spiro atoms. The van der Waals surface area contributed by atoms with E-state index in [9.17, 15) is 13.2 Å². The summed E-state index contributed by atoms with van der Waals surface area (Å²) in [6, 6.07) is 5.78. The molecule has 10 heteroatoms. The van der Waals surface area contributed by atoms with Crippen LogP contribution in [0.25, 0.3) is 21.9 Å². The Morgan fingerprint density at radius 3 is 2.86 bits per heavy atom. The summed E-state index contributed by atoms with van der Waals surface area (Å²) in [7, 11) is -1.48. The summed E-state index contributed by atoms with van der Waals surface area (Å²) in [5.74, 6) is 0. The third-order valence-corrected chi connectivity index (χ3v) is 6.87. The Kier molecular flexibility index (Phi) is 3.90. The number of aryl methyl sites for hydroxylation is 1. The molecule has 0 radical (unpaired) electrons. The first kappa shape index (κ1) is 18.1. The highest BCUT2D eigenvalue weighted by Gasteiger charge is 2.28. The predicted molar refractivity (Wildman–Crippen MR) is 109 cm³/mol. The summed E-state index contributed by atoms with van der Waals surface area (Å²) >= 11 is 0. The Morgan fingerprint density at radius 1 is 1.24 bits per heavy atom. The van der Waals surface area contributed by atoms with Crippen molar-refractivity contribution in [3.05, 3.63) is 57.9 Å². The van der Waals surface area contributed by atoms with Crippen LogP contribution in [0.1, 0.15) is 17.0 Å². The minimum absolute atomic E-state index is 0.210. The minimum atomic E-state index is -3.29. The van der Waals surface area contributed by atoms with E-state index < -0.39 is 10.0 Å². The van der Waals surface area contributed by atoms with Gasteiger partial charge in [0.05, 0.1) is 31.2 Å². The molecule has 0 amide bonds. The van der Waals surface area contributed by atoms with Gasteiger partial charge in [0.25, 0.3) is 5.56 Å². The van der Waals surface area contributed by atoms with Crippen molar-refractivity contribution >= 4 is 32.0 Å². The molecule has 150 valence electrons. The smallest absolute Gasteiger partial charge is 0.291 e. The Hall–Kier alpha value is -2.98. The number of nitrogens with zero attached hydrogens (tertiary/aromatic N) is 5. The molecule has 0 unspecified atom stereocenters. The third kappa shape index (κ3) is 2.87. The van der Waals surface area contributed by atoms with Gasteiger partial charge in [0, 0.05) is 36.3 Å². The van der Waals surface area contributed by atoms with E-state index in [4.69, 9.17) is 0 Å². The van der Waals surface area contributed by atoms with Crippen molar-refractivity contribution < 1.29 is 8.42 Å². The van der Waals surface area contributed by atoms with Gasteiger partial charge in [-0.25, -0.2) is 18.1 Å². The predicted octanol–water partition coefficient (Wildman–Crippen LogP) is 0.977. The highest BCUT2D eigenvalue weighted by molar-refractivity contribution is 7.88. The van der Waals surface area contributed by atoms with Crippen LogP contribution in [0.3, 0.4) is 0 Å². The van der Waals surface area contributed by atoms with Gasteiger partial charge < -0.3 is 9.55 Å². The summed E-state index contributed by atoms with van der Waals surface area (Å²) in [5, 5.41) is 6.17. The third-order valence-electron chi connectivity index (χ3n) is 5.62. The van der Waals surface area contributed by atoms with Crippen molar-refractivity contribution in [2.75, 3.05) is 12.8 Å². The second-order valence-corrected chi connectivity index (χ2v) is 9.40. The number of hydrogen-bond donors (Lipinski definition) is 1. The lowest BCUT2D eigenvalue weighted by Crippen LogP contribution is -2.35. The van der Waals surface area contributed by atoms with Crippen molar-refractivity contribution in [1.29, 1.82) is 0 Å². The molecular formula is C19H20N6O3S. The molecule has 1 aliphatic heterocycles. The van der Waals surface area contributed by atoms with Crippen LogP contribution in [0.5, 0.6) is 0 Å². The molecular weight excluding hydrogens is 392 g/mol. The maximum atomic E-state index is 13.2. The molecule has 0 saturated heterocycles. The normalized spacial score (nSPS) is 15.2. The number of rotatable bonds is 3. The van der Waals surface area contributed by atoms with Gasteiger partial charge in [-0.15, -0.1) is 0 Å². The van der Waals surface area contributed by atoms with Gasteiger partial charge in [-0.05, 0) is 30.2 Å². The molecule has 0 saturated carbocycles. The van der Waals surface area contributed by atoms with Crippen LogP contribution in [0.15, 0.2) is 35.4 Å². The lowest BCUT2D eigenvalue weighted by Gasteiger charge is -2.25. The first-order valence-electron chi connectivity index (χ1n) is 9.27. The van der Waals surface area contributed by atoms with Gasteiger partial charge in [-0.2, -0.15) is 9.40 Å². The number of aromatic amines is 1. The second kappa shape index (κ2) is 6.26. The summed E-state index contributed by atoms with van der Waals surface area (Å²) in [6.07, 6.45) is 5.31. The number of pyridine rings is 1. The SMILES string of the molecule is Cn1c2c(c3cnn(Cc4ccc5cc[nH]c5n4)c(=O)c31)CCN(S(C)(=O)=O)C2. The zero-order chi connectivity index (χ0) is 20.3. The van der Waals surface area contributed by atoms with E-state index in [1.54, 1.807) is 6.20 Å². The molecule has 5 heterocycles. The second-order valence-electron chi connectivity index (χ2n) is 7.42. The number of H-pyrrole nitrogens is 1. The van der Waals surface area contributed by atoms with Crippen LogP contribution in [-0.2, 0) is 36.6 Å². The maximum Gasteiger partial charge on any atom is 0.291 e. The van der Waals surface area contributed by atoms with Gasteiger partial charge >= 0.3 is 0 Å². The van der Waals surface area contributed by atoms with E-state index in [-0.39, 0.29) is 18.6 Å². The molecule has 5 rings (SSSR count). The molecule has 9 nitrogen and oxygen atoms in total. The van der Waals surface area contributed by atoms with E-state index in [0.29, 0.717) is 18.5 Å². The van der Waals surface area contributed by atoms with E-state index in [0.717, 1.165) is 33.4 Å². The van der Waals surface area contributed by atoms with Crippen LogP contribution in [0, 0.1) is 0 Å². The number of sulfonamides is 1. The van der Waals surface area contributed by atoms with Gasteiger partial charge in [-0.3, -0.25) is 4.79 Å². The van der Waals surface area contributed by atoms with Crippen molar-refractivity contribution in [1.82, 2.24) is 28.6 Å². The molecule has 0 aromatic carbocycles. The Labute approximate surface area is 166 Å². The van der Waals surface area contributed by atoms with Crippen LogP contribution in [-0.4, -0.2) is 49.8 Å². The standard InChI is InChI=1S/C19H20N6O3S/c1-23-16-11-24(29(2,27)28)8-6-14(16)15-9-21-25(19(26)17(15)23)10-13-4-3-12-5-7-20-18(12)22-13/h3-5,7,9H,6,8,10-11H2,1-2H3,(H,20,22). The summed E-state index contributed by atoms with van der Waals surface area (Å²) < 4.78 is 28.6. The molecule has 1 N–H and O–H groups in total. The zero-order valence-electron chi connectivity index (χ0n) is 16.1. The molecule has 0 atom stereocenters. The fourth-order valence-electron chi connectivity index (χ4n) is 4.09. The fraction of sp³-hybridized carbons (Fsp3) is 0.316. The quantitative estimate of drug-likeness (QED) is 0.540. The van der Waals surface area contributed by atoms with Crippen LogP contribution < -0.4 is 5.56 Å². The topological polar surface area (TPSA) is 106 Å². The molecule has 29 heavy (non-hydrogen) atoms. The number of nitrogens with one attached hydrogen (secondary N) is 1.